The van der Waals surface area contributed by atoms with Crippen LogP contribution in [-0.2, 0) is 0 Å². The summed E-state index contributed by atoms with van der Waals surface area (Å²) in [5.41, 5.74) is 6.21. The van der Waals surface area contributed by atoms with Crippen LogP contribution in [0.25, 0.3) is 0 Å². The van der Waals surface area contributed by atoms with E-state index in [0.717, 1.165) is 27.1 Å². The zero-order valence-corrected chi connectivity index (χ0v) is 13.8. The van der Waals surface area contributed by atoms with Crippen molar-refractivity contribution < 1.29 is 9.47 Å². The van der Waals surface area contributed by atoms with E-state index in [1.807, 2.05) is 50.2 Å². The molecule has 0 aliphatic heterocycles. The Balaban J connectivity index is 2.20. The van der Waals surface area contributed by atoms with Crippen LogP contribution in [0.3, 0.4) is 0 Å². The molecule has 2 atom stereocenters. The molecule has 2 aromatic rings. The van der Waals surface area contributed by atoms with Crippen molar-refractivity contribution in [3.63, 3.8) is 0 Å². The van der Waals surface area contributed by atoms with E-state index in [9.17, 15) is 0 Å². The predicted octanol–water partition coefficient (Wildman–Crippen LogP) is 4.66. The van der Waals surface area contributed by atoms with E-state index in [0.29, 0.717) is 6.61 Å². The van der Waals surface area contributed by atoms with E-state index in [1.165, 1.54) is 11.3 Å². The van der Waals surface area contributed by atoms with Crippen LogP contribution in [0.4, 0.5) is 0 Å². The lowest BCUT2D eigenvalue weighted by Crippen LogP contribution is -2.30. The number of thiophene rings is 1. The van der Waals surface area contributed by atoms with Crippen molar-refractivity contribution in [1.82, 2.24) is 0 Å². The summed E-state index contributed by atoms with van der Waals surface area (Å²) in [4.78, 5) is 1.04. The van der Waals surface area contributed by atoms with Crippen LogP contribution in [0.1, 0.15) is 31.2 Å². The number of hydrogen-bond acceptors (Lipinski definition) is 4. The standard InChI is InChI=1S/C16H20ClNO2S/c1-3-13(18)16(14-8-9-15(17)21-14)20-12-7-5-6-11(10-12)19-4-2/h5-10,13,16H,3-4,18H2,1-2H3. The lowest BCUT2D eigenvalue weighted by molar-refractivity contribution is 0.174. The van der Waals surface area contributed by atoms with Crippen LogP contribution in [0.15, 0.2) is 36.4 Å². The number of hydrogen-bond donors (Lipinski definition) is 1. The second-order valence-electron chi connectivity index (χ2n) is 4.66. The van der Waals surface area contributed by atoms with E-state index < -0.39 is 0 Å². The highest BCUT2D eigenvalue weighted by Gasteiger charge is 2.22. The maximum absolute atomic E-state index is 6.21. The van der Waals surface area contributed by atoms with Gasteiger partial charge in [-0.2, -0.15) is 0 Å². The number of benzene rings is 1. The molecule has 0 saturated carbocycles. The maximum atomic E-state index is 6.21. The van der Waals surface area contributed by atoms with Gasteiger partial charge in [0.25, 0.3) is 0 Å². The van der Waals surface area contributed by atoms with E-state index >= 15 is 0 Å². The minimum atomic E-state index is -0.204. The minimum Gasteiger partial charge on any atom is -0.494 e. The third-order valence-corrected chi connectivity index (χ3v) is 4.41. The number of ether oxygens (including phenoxy) is 2. The van der Waals surface area contributed by atoms with Gasteiger partial charge in [-0.25, -0.2) is 0 Å². The van der Waals surface area contributed by atoms with Gasteiger partial charge in [0.05, 0.1) is 10.9 Å². The van der Waals surface area contributed by atoms with Gasteiger partial charge in [0.15, 0.2) is 0 Å². The Labute approximate surface area is 134 Å². The molecular formula is C16H20ClNO2S. The van der Waals surface area contributed by atoms with Crippen LogP contribution < -0.4 is 15.2 Å². The Morgan fingerprint density at radius 2 is 1.95 bits per heavy atom. The van der Waals surface area contributed by atoms with Gasteiger partial charge < -0.3 is 15.2 Å². The second kappa shape index (κ2) is 7.69. The van der Waals surface area contributed by atoms with Crippen molar-refractivity contribution in [2.45, 2.75) is 32.4 Å². The Kier molecular flexibility index (Phi) is 5.91. The first-order chi connectivity index (χ1) is 10.1. The summed E-state index contributed by atoms with van der Waals surface area (Å²) < 4.78 is 12.3. The van der Waals surface area contributed by atoms with Crippen molar-refractivity contribution >= 4 is 22.9 Å². The van der Waals surface area contributed by atoms with E-state index in [2.05, 4.69) is 0 Å². The van der Waals surface area contributed by atoms with Gasteiger partial charge in [-0.05, 0) is 37.6 Å². The van der Waals surface area contributed by atoms with Crippen LogP contribution >= 0.6 is 22.9 Å². The lowest BCUT2D eigenvalue weighted by atomic mass is 10.1. The highest BCUT2D eigenvalue weighted by Crippen LogP contribution is 2.33. The topological polar surface area (TPSA) is 44.5 Å². The molecule has 2 N–H and O–H groups in total. The molecule has 0 spiro atoms. The summed E-state index contributed by atoms with van der Waals surface area (Å²) in [6, 6.07) is 11.4. The molecule has 1 heterocycles. The molecule has 0 amide bonds. The summed E-state index contributed by atoms with van der Waals surface area (Å²) in [6.45, 7) is 4.63. The molecule has 0 radical (unpaired) electrons. The van der Waals surface area contributed by atoms with Crippen LogP contribution in [0.5, 0.6) is 11.5 Å². The monoisotopic (exact) mass is 325 g/mol. The SMILES string of the molecule is CCOc1cccc(OC(c2ccc(Cl)s2)C(N)CC)c1. The van der Waals surface area contributed by atoms with Gasteiger partial charge in [-0.3, -0.25) is 0 Å². The summed E-state index contributed by atoms with van der Waals surface area (Å²) >= 11 is 7.53. The third-order valence-electron chi connectivity index (χ3n) is 3.11. The summed E-state index contributed by atoms with van der Waals surface area (Å²) in [5, 5.41) is 0. The Bertz CT molecular complexity index is 573. The Morgan fingerprint density at radius 1 is 1.19 bits per heavy atom. The first-order valence-electron chi connectivity index (χ1n) is 7.04. The fourth-order valence-corrected chi connectivity index (χ4v) is 3.17. The molecule has 0 bridgehead atoms. The van der Waals surface area contributed by atoms with Crippen molar-refractivity contribution in [2.24, 2.45) is 5.73 Å². The molecule has 0 saturated heterocycles. The molecular weight excluding hydrogens is 306 g/mol. The van der Waals surface area contributed by atoms with Gasteiger partial charge >= 0.3 is 0 Å². The van der Waals surface area contributed by atoms with Crippen LogP contribution in [-0.4, -0.2) is 12.6 Å². The number of nitrogens with two attached hydrogens (primary N) is 1. The summed E-state index contributed by atoms with van der Waals surface area (Å²) in [7, 11) is 0. The summed E-state index contributed by atoms with van der Waals surface area (Å²) in [5.74, 6) is 1.54. The molecule has 2 unspecified atom stereocenters. The molecule has 0 aliphatic rings. The second-order valence-corrected chi connectivity index (χ2v) is 6.41. The molecule has 21 heavy (non-hydrogen) atoms. The van der Waals surface area contributed by atoms with Crippen molar-refractivity contribution in [3.05, 3.63) is 45.6 Å². The van der Waals surface area contributed by atoms with Gasteiger partial charge in [-0.1, -0.05) is 24.6 Å². The summed E-state index contributed by atoms with van der Waals surface area (Å²) in [6.07, 6.45) is 0.620. The van der Waals surface area contributed by atoms with Gasteiger partial charge in [0, 0.05) is 17.0 Å². The zero-order chi connectivity index (χ0) is 15.2. The lowest BCUT2D eigenvalue weighted by Gasteiger charge is -2.23. The molecule has 3 nitrogen and oxygen atoms in total. The largest absolute Gasteiger partial charge is 0.494 e. The first-order valence-corrected chi connectivity index (χ1v) is 8.23. The van der Waals surface area contributed by atoms with Gasteiger partial charge in [0.1, 0.15) is 17.6 Å². The van der Waals surface area contributed by atoms with Crippen molar-refractivity contribution in [3.8, 4) is 11.5 Å². The quantitative estimate of drug-likeness (QED) is 0.805. The Hall–Kier alpha value is -1.23. The van der Waals surface area contributed by atoms with Crippen molar-refractivity contribution in [1.29, 1.82) is 0 Å². The molecule has 0 aliphatic carbocycles. The fourth-order valence-electron chi connectivity index (χ4n) is 2.00. The number of halogens is 1. The Morgan fingerprint density at radius 3 is 2.57 bits per heavy atom. The first kappa shape index (κ1) is 16.1. The van der Waals surface area contributed by atoms with Crippen molar-refractivity contribution in [2.75, 3.05) is 6.61 Å². The average Bonchev–Trinajstić information content (AvgIpc) is 2.91. The highest BCUT2D eigenvalue weighted by molar-refractivity contribution is 7.16. The van der Waals surface area contributed by atoms with E-state index in [4.69, 9.17) is 26.8 Å². The maximum Gasteiger partial charge on any atom is 0.148 e. The van der Waals surface area contributed by atoms with Gasteiger partial charge in [0.2, 0.25) is 0 Å². The van der Waals surface area contributed by atoms with Crippen LogP contribution in [0.2, 0.25) is 4.34 Å². The molecule has 0 fully saturated rings. The average molecular weight is 326 g/mol. The highest BCUT2D eigenvalue weighted by atomic mass is 35.5. The fraction of sp³-hybridized carbons (Fsp3) is 0.375. The smallest absolute Gasteiger partial charge is 0.148 e. The zero-order valence-electron chi connectivity index (χ0n) is 12.2. The molecule has 1 aromatic carbocycles. The normalized spacial score (nSPS) is 13.7. The van der Waals surface area contributed by atoms with Crippen LogP contribution in [0, 0.1) is 0 Å². The minimum absolute atomic E-state index is 0.0875. The van der Waals surface area contributed by atoms with E-state index in [-0.39, 0.29) is 12.1 Å². The number of rotatable bonds is 7. The van der Waals surface area contributed by atoms with E-state index in [1.54, 1.807) is 0 Å². The predicted molar refractivity (Wildman–Crippen MR) is 88.6 cm³/mol. The third kappa shape index (κ3) is 4.37. The molecule has 1 aromatic heterocycles. The molecule has 2 rings (SSSR count). The molecule has 5 heteroatoms. The van der Waals surface area contributed by atoms with Gasteiger partial charge in [-0.15, -0.1) is 11.3 Å². The molecule has 114 valence electrons.